The fourth-order valence-corrected chi connectivity index (χ4v) is 5.18. The smallest absolute Gasteiger partial charge is 0.261 e. The summed E-state index contributed by atoms with van der Waals surface area (Å²) in [5.74, 6) is -0.404. The second-order valence-corrected chi connectivity index (χ2v) is 10.2. The van der Waals surface area contributed by atoms with E-state index in [1.807, 2.05) is 13.8 Å². The highest BCUT2D eigenvalue weighted by molar-refractivity contribution is 7.17. The zero-order valence-electron chi connectivity index (χ0n) is 21.1. The number of benzene rings is 1. The van der Waals surface area contributed by atoms with Gasteiger partial charge in [0.25, 0.3) is 11.8 Å². The van der Waals surface area contributed by atoms with Crippen LogP contribution < -0.4 is 11.1 Å². The lowest BCUT2D eigenvalue weighted by atomic mass is 9.91. The first-order chi connectivity index (χ1) is 17.7. The van der Waals surface area contributed by atoms with Crippen LogP contribution >= 0.6 is 11.3 Å². The van der Waals surface area contributed by atoms with Gasteiger partial charge in [-0.1, -0.05) is 26.0 Å². The molecule has 0 aliphatic rings. The van der Waals surface area contributed by atoms with Gasteiger partial charge in [0.15, 0.2) is 0 Å². The first-order valence-corrected chi connectivity index (χ1v) is 12.7. The Morgan fingerprint density at radius 3 is 2.38 bits per heavy atom. The highest BCUT2D eigenvalue weighted by Crippen LogP contribution is 2.41. The molecule has 10 heteroatoms. The number of hydrogen-bond donors (Lipinski definition) is 2. The molecule has 0 unspecified atom stereocenters. The molecule has 0 saturated heterocycles. The number of carbonyl (C=O) groups is 2. The van der Waals surface area contributed by atoms with Crippen LogP contribution in [0, 0.1) is 18.7 Å². The summed E-state index contributed by atoms with van der Waals surface area (Å²) in [7, 11) is 1.56. The molecular weight excluding hydrogens is 493 g/mol. The van der Waals surface area contributed by atoms with Gasteiger partial charge in [-0.05, 0) is 55.0 Å². The number of aromatic nitrogens is 3. The van der Waals surface area contributed by atoms with E-state index >= 15 is 0 Å². The minimum atomic E-state index is -0.629. The molecule has 4 rings (SSSR count). The van der Waals surface area contributed by atoms with Crippen LogP contribution in [0.25, 0.3) is 21.9 Å². The van der Waals surface area contributed by atoms with Crippen molar-refractivity contribution in [2.75, 3.05) is 7.05 Å². The van der Waals surface area contributed by atoms with Crippen LogP contribution in [0.5, 0.6) is 0 Å². The minimum Gasteiger partial charge on any atom is -0.421 e. The summed E-state index contributed by atoms with van der Waals surface area (Å²) in [4.78, 5) is 31.3. The molecule has 0 aliphatic heterocycles. The zero-order valence-corrected chi connectivity index (χ0v) is 21.9. The zero-order chi connectivity index (χ0) is 26.7. The molecular formula is C27H28FN5O3S. The summed E-state index contributed by atoms with van der Waals surface area (Å²) in [6.45, 7) is 5.75. The van der Waals surface area contributed by atoms with Crippen LogP contribution in [-0.2, 0) is 19.3 Å². The summed E-state index contributed by atoms with van der Waals surface area (Å²) in [6, 6.07) is 9.79. The van der Waals surface area contributed by atoms with E-state index in [9.17, 15) is 14.0 Å². The molecule has 3 heterocycles. The molecule has 2 amide bonds. The van der Waals surface area contributed by atoms with Gasteiger partial charge in [0.2, 0.25) is 11.8 Å². The third kappa shape index (κ3) is 5.75. The minimum absolute atomic E-state index is 0.199. The molecule has 0 radical (unpaired) electrons. The fraction of sp³-hybridized carbons (Fsp3) is 0.296. The number of rotatable bonds is 9. The Hall–Kier alpha value is -3.92. The first kappa shape index (κ1) is 26.2. The molecule has 1 aromatic carbocycles. The van der Waals surface area contributed by atoms with Gasteiger partial charge in [-0.3, -0.25) is 14.6 Å². The lowest BCUT2D eigenvalue weighted by molar-refractivity contribution is 0.0965. The predicted octanol–water partition coefficient (Wildman–Crippen LogP) is 4.75. The van der Waals surface area contributed by atoms with E-state index in [1.54, 1.807) is 38.2 Å². The maximum Gasteiger partial charge on any atom is 0.261 e. The van der Waals surface area contributed by atoms with Crippen molar-refractivity contribution in [3.63, 3.8) is 0 Å². The maximum absolute atomic E-state index is 13.4. The van der Waals surface area contributed by atoms with Gasteiger partial charge in [-0.15, -0.1) is 21.5 Å². The summed E-state index contributed by atoms with van der Waals surface area (Å²) < 4.78 is 19.3. The molecule has 0 bridgehead atoms. The van der Waals surface area contributed by atoms with E-state index in [0.29, 0.717) is 57.4 Å². The first-order valence-electron chi connectivity index (χ1n) is 11.9. The van der Waals surface area contributed by atoms with Crippen LogP contribution in [0.4, 0.5) is 4.39 Å². The quantitative estimate of drug-likeness (QED) is 0.328. The SMILES string of the molecule is CNC(=O)c1ccc(-c2c(C(N)=O)c(CC(C)C)nc(CCc3ccc(F)cc3)c2-c2nnc(C)o2)s1. The molecule has 0 fully saturated rings. The number of halogens is 1. The molecule has 0 atom stereocenters. The Morgan fingerprint density at radius 1 is 1.05 bits per heavy atom. The largest absolute Gasteiger partial charge is 0.421 e. The monoisotopic (exact) mass is 521 g/mol. The van der Waals surface area contributed by atoms with Crippen molar-refractivity contribution in [1.29, 1.82) is 0 Å². The van der Waals surface area contributed by atoms with Crippen LogP contribution in [0.15, 0.2) is 40.8 Å². The van der Waals surface area contributed by atoms with Crippen LogP contribution in [0.1, 0.15) is 56.7 Å². The lowest BCUT2D eigenvalue weighted by Crippen LogP contribution is -2.20. The van der Waals surface area contributed by atoms with Gasteiger partial charge in [0, 0.05) is 24.4 Å². The molecule has 37 heavy (non-hydrogen) atoms. The third-order valence-electron chi connectivity index (χ3n) is 5.80. The number of nitrogens with zero attached hydrogens (tertiary/aromatic N) is 3. The van der Waals surface area contributed by atoms with Crippen LogP contribution in [0.3, 0.4) is 0 Å². The summed E-state index contributed by atoms with van der Waals surface area (Å²) in [5.41, 5.74) is 9.41. The Labute approximate surface area is 218 Å². The Kier molecular flexibility index (Phi) is 7.77. The highest BCUT2D eigenvalue weighted by Gasteiger charge is 2.29. The number of hydrogen-bond acceptors (Lipinski definition) is 7. The fourth-order valence-electron chi connectivity index (χ4n) is 4.17. The molecule has 0 aliphatic carbocycles. The van der Waals surface area contributed by atoms with E-state index in [0.717, 1.165) is 5.56 Å². The van der Waals surface area contributed by atoms with Crippen molar-refractivity contribution in [1.82, 2.24) is 20.5 Å². The summed E-state index contributed by atoms with van der Waals surface area (Å²) >= 11 is 1.24. The normalized spacial score (nSPS) is 11.2. The number of thiophene rings is 1. The topological polar surface area (TPSA) is 124 Å². The van der Waals surface area contributed by atoms with Gasteiger partial charge < -0.3 is 15.5 Å². The van der Waals surface area contributed by atoms with Crippen molar-refractivity contribution < 1.29 is 18.4 Å². The number of pyridine rings is 1. The second kappa shape index (κ2) is 11.0. The van der Waals surface area contributed by atoms with E-state index < -0.39 is 5.91 Å². The van der Waals surface area contributed by atoms with Crippen LogP contribution in [0.2, 0.25) is 0 Å². The average Bonchev–Trinajstić information content (AvgIpc) is 3.51. The van der Waals surface area contributed by atoms with E-state index in [1.165, 1.54) is 23.5 Å². The van der Waals surface area contributed by atoms with Crippen molar-refractivity contribution in [3.05, 3.63) is 75.5 Å². The standard InChI is InChI=1S/C27H28FN5O3S/c1-14(2)13-19-22(25(29)34)24(20-11-12-21(37-20)26(35)30-4)23(27-33-32-15(3)36-27)18(31-19)10-7-16-5-8-17(28)9-6-16/h5-6,8-9,11-12,14H,7,10,13H2,1-4H3,(H2,29,34)(H,30,35). The summed E-state index contributed by atoms with van der Waals surface area (Å²) in [5, 5.41) is 10.9. The van der Waals surface area contributed by atoms with E-state index in [2.05, 4.69) is 15.5 Å². The van der Waals surface area contributed by atoms with Crippen molar-refractivity contribution >= 4 is 23.2 Å². The molecule has 3 aromatic heterocycles. The Morgan fingerprint density at radius 2 is 1.78 bits per heavy atom. The molecule has 0 spiro atoms. The van der Waals surface area contributed by atoms with Gasteiger partial charge in [0.1, 0.15) is 5.82 Å². The van der Waals surface area contributed by atoms with E-state index in [-0.39, 0.29) is 29.1 Å². The Balaban J connectivity index is 1.99. The van der Waals surface area contributed by atoms with Crippen molar-refractivity contribution in [2.24, 2.45) is 11.7 Å². The third-order valence-corrected chi connectivity index (χ3v) is 6.90. The lowest BCUT2D eigenvalue weighted by Gasteiger charge is -2.19. The molecule has 3 N–H and O–H groups in total. The Bertz CT molecular complexity index is 1440. The van der Waals surface area contributed by atoms with Crippen LogP contribution in [-0.4, -0.2) is 34.0 Å². The molecule has 192 valence electrons. The summed E-state index contributed by atoms with van der Waals surface area (Å²) in [6.07, 6.45) is 1.55. The average molecular weight is 522 g/mol. The van der Waals surface area contributed by atoms with Gasteiger partial charge in [-0.2, -0.15) is 0 Å². The van der Waals surface area contributed by atoms with Gasteiger partial charge in [0.05, 0.1) is 27.4 Å². The van der Waals surface area contributed by atoms with Crippen molar-refractivity contribution in [3.8, 4) is 21.9 Å². The van der Waals surface area contributed by atoms with Gasteiger partial charge >= 0.3 is 0 Å². The van der Waals surface area contributed by atoms with E-state index in [4.69, 9.17) is 15.1 Å². The maximum atomic E-state index is 13.4. The number of nitrogens with two attached hydrogens (primary N) is 1. The number of aryl methyl sites for hydroxylation is 3. The molecule has 0 saturated carbocycles. The number of primary amides is 1. The number of amides is 2. The van der Waals surface area contributed by atoms with Gasteiger partial charge in [-0.25, -0.2) is 4.39 Å². The molecule has 4 aromatic rings. The highest BCUT2D eigenvalue weighted by atomic mass is 32.1. The number of carbonyl (C=O) groups excluding carboxylic acids is 2. The predicted molar refractivity (Wildman–Crippen MR) is 140 cm³/mol. The number of nitrogens with one attached hydrogen (secondary N) is 1. The second-order valence-electron chi connectivity index (χ2n) is 9.09. The molecule has 8 nitrogen and oxygen atoms in total. The van der Waals surface area contributed by atoms with Crippen molar-refractivity contribution in [2.45, 2.75) is 40.0 Å².